The second-order valence-corrected chi connectivity index (χ2v) is 3.59. The Kier molecular flexibility index (Phi) is 2.93. The molecule has 0 aliphatic carbocycles. The molecule has 2 aromatic rings. The van der Waals surface area contributed by atoms with E-state index in [0.717, 1.165) is 17.1 Å². The molecular weight excluding hydrogens is 247 g/mol. The first-order valence-corrected chi connectivity index (χ1v) is 5.05. The SMILES string of the molecule is CNc1ncnc(-n2cc(C(F)(F)F)cn2)c1C. The van der Waals surface area contributed by atoms with E-state index in [4.69, 9.17) is 0 Å². The second-order valence-electron chi connectivity index (χ2n) is 3.59. The van der Waals surface area contributed by atoms with Gasteiger partial charge in [0.1, 0.15) is 12.1 Å². The highest BCUT2D eigenvalue weighted by molar-refractivity contribution is 5.50. The van der Waals surface area contributed by atoms with Gasteiger partial charge in [-0.3, -0.25) is 0 Å². The fourth-order valence-electron chi connectivity index (χ4n) is 1.51. The first-order valence-electron chi connectivity index (χ1n) is 5.05. The lowest BCUT2D eigenvalue weighted by atomic mass is 10.3. The van der Waals surface area contributed by atoms with Crippen LogP contribution in [0.1, 0.15) is 11.1 Å². The number of alkyl halides is 3. The Morgan fingerprint density at radius 1 is 1.28 bits per heavy atom. The summed E-state index contributed by atoms with van der Waals surface area (Å²) < 4.78 is 38.5. The quantitative estimate of drug-likeness (QED) is 0.894. The third kappa shape index (κ3) is 2.13. The lowest BCUT2D eigenvalue weighted by molar-refractivity contribution is -0.137. The Labute approximate surface area is 101 Å². The van der Waals surface area contributed by atoms with Crippen LogP contribution in [-0.4, -0.2) is 26.8 Å². The van der Waals surface area contributed by atoms with Crippen LogP contribution in [-0.2, 0) is 6.18 Å². The van der Waals surface area contributed by atoms with Crippen LogP contribution >= 0.6 is 0 Å². The van der Waals surface area contributed by atoms with Crippen LogP contribution in [0.2, 0.25) is 0 Å². The molecule has 0 aliphatic rings. The predicted octanol–water partition coefficient (Wildman–Crippen LogP) is 2.03. The molecule has 96 valence electrons. The van der Waals surface area contributed by atoms with Crippen molar-refractivity contribution in [3.63, 3.8) is 0 Å². The molecule has 0 amide bonds. The van der Waals surface area contributed by atoms with Crippen molar-refractivity contribution < 1.29 is 13.2 Å². The van der Waals surface area contributed by atoms with Crippen LogP contribution < -0.4 is 5.32 Å². The molecule has 0 radical (unpaired) electrons. The molecule has 0 atom stereocenters. The molecule has 1 N–H and O–H groups in total. The molecule has 5 nitrogen and oxygen atoms in total. The Morgan fingerprint density at radius 2 is 2.00 bits per heavy atom. The second kappa shape index (κ2) is 4.28. The highest BCUT2D eigenvalue weighted by Gasteiger charge is 2.32. The van der Waals surface area contributed by atoms with E-state index in [9.17, 15) is 13.2 Å². The predicted molar refractivity (Wildman–Crippen MR) is 58.4 cm³/mol. The van der Waals surface area contributed by atoms with Gasteiger partial charge in [0.2, 0.25) is 0 Å². The summed E-state index contributed by atoms with van der Waals surface area (Å²) in [5.41, 5.74) is -0.191. The van der Waals surface area contributed by atoms with Crippen LogP contribution in [0.15, 0.2) is 18.7 Å². The molecule has 0 saturated carbocycles. The maximum absolute atomic E-state index is 12.5. The van der Waals surface area contributed by atoms with Gasteiger partial charge in [-0.05, 0) is 6.92 Å². The van der Waals surface area contributed by atoms with E-state index >= 15 is 0 Å². The molecule has 0 aromatic carbocycles. The van der Waals surface area contributed by atoms with Crippen LogP contribution in [0.5, 0.6) is 0 Å². The summed E-state index contributed by atoms with van der Waals surface area (Å²) in [6.45, 7) is 1.70. The molecule has 2 heterocycles. The first kappa shape index (κ1) is 12.3. The fourth-order valence-corrected chi connectivity index (χ4v) is 1.51. The maximum atomic E-state index is 12.5. The minimum Gasteiger partial charge on any atom is -0.373 e. The minimum atomic E-state index is -4.41. The van der Waals surface area contributed by atoms with Gasteiger partial charge in [0.15, 0.2) is 5.82 Å². The zero-order valence-electron chi connectivity index (χ0n) is 9.65. The molecule has 0 bridgehead atoms. The van der Waals surface area contributed by atoms with Crippen LogP contribution in [0.3, 0.4) is 0 Å². The molecule has 0 aliphatic heterocycles. The van der Waals surface area contributed by atoms with E-state index in [1.807, 2.05) is 0 Å². The van der Waals surface area contributed by atoms with Gasteiger partial charge in [-0.1, -0.05) is 0 Å². The van der Waals surface area contributed by atoms with Crippen molar-refractivity contribution in [2.45, 2.75) is 13.1 Å². The summed E-state index contributed by atoms with van der Waals surface area (Å²) >= 11 is 0. The standard InChI is InChI=1S/C10H10F3N5/c1-6-8(14-2)15-5-16-9(6)18-4-7(3-17-18)10(11,12)13/h3-5H,1-2H3,(H,14,15,16). The monoisotopic (exact) mass is 257 g/mol. The van der Waals surface area contributed by atoms with Crippen molar-refractivity contribution in [2.75, 3.05) is 12.4 Å². The average molecular weight is 257 g/mol. The molecule has 18 heavy (non-hydrogen) atoms. The molecule has 2 rings (SSSR count). The van der Waals surface area contributed by atoms with Crippen molar-refractivity contribution in [3.8, 4) is 5.82 Å². The van der Waals surface area contributed by atoms with Gasteiger partial charge in [0, 0.05) is 18.8 Å². The summed E-state index contributed by atoms with van der Waals surface area (Å²) in [5, 5.41) is 6.50. The number of hydrogen-bond acceptors (Lipinski definition) is 4. The highest BCUT2D eigenvalue weighted by Crippen LogP contribution is 2.29. The summed E-state index contributed by atoms with van der Waals surface area (Å²) in [6.07, 6.45) is -1.48. The van der Waals surface area contributed by atoms with Crippen LogP contribution in [0, 0.1) is 6.92 Å². The molecule has 0 unspecified atom stereocenters. The van der Waals surface area contributed by atoms with E-state index in [0.29, 0.717) is 17.2 Å². The van der Waals surface area contributed by atoms with E-state index in [1.165, 1.54) is 6.33 Å². The Balaban J connectivity index is 2.47. The number of hydrogen-bond donors (Lipinski definition) is 1. The maximum Gasteiger partial charge on any atom is 0.419 e. The number of halogens is 3. The number of anilines is 1. The largest absolute Gasteiger partial charge is 0.419 e. The lowest BCUT2D eigenvalue weighted by Crippen LogP contribution is -2.06. The minimum absolute atomic E-state index is 0.310. The van der Waals surface area contributed by atoms with E-state index in [2.05, 4.69) is 20.4 Å². The van der Waals surface area contributed by atoms with Gasteiger partial charge in [-0.25, -0.2) is 14.6 Å². The normalized spacial score (nSPS) is 11.6. The summed E-state index contributed by atoms with van der Waals surface area (Å²) in [6, 6.07) is 0. The van der Waals surface area contributed by atoms with Gasteiger partial charge in [-0.2, -0.15) is 18.3 Å². The molecule has 2 aromatic heterocycles. The van der Waals surface area contributed by atoms with Crippen molar-refractivity contribution in [2.24, 2.45) is 0 Å². The Hall–Kier alpha value is -2.12. The molecule has 8 heteroatoms. The van der Waals surface area contributed by atoms with E-state index in [1.54, 1.807) is 14.0 Å². The third-order valence-electron chi connectivity index (χ3n) is 2.42. The first-order chi connectivity index (χ1) is 8.43. The van der Waals surface area contributed by atoms with Crippen LogP contribution in [0.25, 0.3) is 5.82 Å². The van der Waals surface area contributed by atoms with Crippen molar-refractivity contribution in [3.05, 3.63) is 29.8 Å². The summed E-state index contributed by atoms with van der Waals surface area (Å²) in [4.78, 5) is 7.89. The number of rotatable bonds is 2. The topological polar surface area (TPSA) is 55.6 Å². The molecule has 0 spiro atoms. The molecule has 0 fully saturated rings. The van der Waals surface area contributed by atoms with Crippen molar-refractivity contribution in [1.29, 1.82) is 0 Å². The molecular formula is C10H10F3N5. The van der Waals surface area contributed by atoms with E-state index in [-0.39, 0.29) is 0 Å². The van der Waals surface area contributed by atoms with Crippen molar-refractivity contribution in [1.82, 2.24) is 19.7 Å². The number of nitrogens with one attached hydrogen (secondary N) is 1. The Morgan fingerprint density at radius 3 is 2.56 bits per heavy atom. The molecule has 0 saturated heterocycles. The average Bonchev–Trinajstić information content (AvgIpc) is 2.78. The lowest BCUT2D eigenvalue weighted by Gasteiger charge is -2.08. The number of aromatic nitrogens is 4. The highest BCUT2D eigenvalue weighted by atomic mass is 19.4. The smallest absolute Gasteiger partial charge is 0.373 e. The summed E-state index contributed by atoms with van der Waals surface area (Å²) in [7, 11) is 1.67. The van der Waals surface area contributed by atoms with Crippen LogP contribution in [0.4, 0.5) is 19.0 Å². The number of nitrogens with zero attached hydrogens (tertiary/aromatic N) is 4. The zero-order valence-corrected chi connectivity index (χ0v) is 9.65. The van der Waals surface area contributed by atoms with Gasteiger partial charge >= 0.3 is 6.18 Å². The zero-order chi connectivity index (χ0) is 13.3. The summed E-state index contributed by atoms with van der Waals surface area (Å²) in [5.74, 6) is 0.855. The van der Waals surface area contributed by atoms with Gasteiger partial charge < -0.3 is 5.32 Å². The third-order valence-corrected chi connectivity index (χ3v) is 2.42. The van der Waals surface area contributed by atoms with Gasteiger partial charge in [-0.15, -0.1) is 0 Å². The van der Waals surface area contributed by atoms with Gasteiger partial charge in [0.25, 0.3) is 0 Å². The Bertz CT molecular complexity index is 561. The fraction of sp³-hybridized carbons (Fsp3) is 0.300. The van der Waals surface area contributed by atoms with Gasteiger partial charge in [0.05, 0.1) is 11.8 Å². The van der Waals surface area contributed by atoms with E-state index < -0.39 is 11.7 Å². The van der Waals surface area contributed by atoms with Crippen molar-refractivity contribution >= 4 is 5.82 Å².